The fraction of sp³-hybridized carbons (Fsp3) is 0. The second kappa shape index (κ2) is 2.77. The first-order valence-corrected chi connectivity index (χ1v) is 5.17. The van der Waals surface area contributed by atoms with Crippen molar-refractivity contribution in [2.24, 2.45) is 0 Å². The predicted molar refractivity (Wildman–Crippen MR) is 58.4 cm³/mol. The highest BCUT2D eigenvalue weighted by atomic mass is 32.1. The highest BCUT2D eigenvalue weighted by molar-refractivity contribution is 7.09. The Morgan fingerprint density at radius 2 is 2.07 bits per heavy atom. The number of rotatable bonds is 0. The number of hydrogen-bond donors (Lipinski definition) is 2. The van der Waals surface area contributed by atoms with E-state index >= 15 is 0 Å². The number of nitrogens with one attached hydrogen (secondary N) is 2. The minimum absolute atomic E-state index is 0.328. The largest absolute Gasteiger partial charge is 0.327 e. The van der Waals surface area contributed by atoms with Crippen LogP contribution in [0.1, 0.15) is 0 Å². The van der Waals surface area contributed by atoms with Gasteiger partial charge in [-0.15, -0.1) is 11.3 Å². The summed E-state index contributed by atoms with van der Waals surface area (Å²) in [6, 6.07) is 1.73. The van der Waals surface area contributed by atoms with E-state index < -0.39 is 11.2 Å². The zero-order valence-electron chi connectivity index (χ0n) is 7.40. The molecule has 5 nitrogen and oxygen atoms in total. The van der Waals surface area contributed by atoms with Crippen LogP contribution in [0.3, 0.4) is 0 Å². The third-order valence-corrected chi connectivity index (χ3v) is 2.91. The molecule has 74 valence electrons. The molecule has 3 aromatic rings. The molecule has 0 aliphatic rings. The lowest BCUT2D eigenvalue weighted by molar-refractivity contribution is 1.07. The van der Waals surface area contributed by atoms with E-state index in [0.29, 0.717) is 11.0 Å². The summed E-state index contributed by atoms with van der Waals surface area (Å²) in [5.41, 5.74) is 0.173. The Balaban J connectivity index is 2.65. The quantitative estimate of drug-likeness (QED) is 0.587. The average Bonchev–Trinajstić information content (AvgIpc) is 2.61. The summed E-state index contributed by atoms with van der Waals surface area (Å²) < 4.78 is 0. The Bertz CT molecular complexity index is 768. The van der Waals surface area contributed by atoms with Crippen LogP contribution in [0.15, 0.2) is 26.4 Å². The zero-order valence-corrected chi connectivity index (χ0v) is 8.22. The molecule has 0 aromatic carbocycles. The normalized spacial score (nSPS) is 11.2. The molecule has 15 heavy (non-hydrogen) atoms. The van der Waals surface area contributed by atoms with Crippen LogP contribution in [-0.4, -0.2) is 15.0 Å². The molecule has 0 saturated carbocycles. The highest BCUT2D eigenvalue weighted by Crippen LogP contribution is 2.18. The molecule has 0 aliphatic heterocycles. The molecule has 0 saturated heterocycles. The summed E-state index contributed by atoms with van der Waals surface area (Å²) in [6.45, 7) is 0. The molecule has 3 rings (SSSR count). The van der Waals surface area contributed by atoms with E-state index in [2.05, 4.69) is 15.0 Å². The first kappa shape index (κ1) is 8.37. The minimum Gasteiger partial charge on any atom is -0.291 e. The van der Waals surface area contributed by atoms with Gasteiger partial charge in [0.15, 0.2) is 0 Å². The van der Waals surface area contributed by atoms with Crippen LogP contribution in [0, 0.1) is 0 Å². The van der Waals surface area contributed by atoms with E-state index in [1.165, 1.54) is 11.3 Å². The van der Waals surface area contributed by atoms with E-state index in [1.54, 1.807) is 6.07 Å². The molecular formula is C9H5N3O2S. The maximum atomic E-state index is 11.5. The van der Waals surface area contributed by atoms with Gasteiger partial charge in [0.25, 0.3) is 5.56 Å². The molecule has 0 unspecified atom stereocenters. The topological polar surface area (TPSA) is 78.6 Å². The Kier molecular flexibility index (Phi) is 1.54. The molecular weight excluding hydrogens is 214 g/mol. The van der Waals surface area contributed by atoms with E-state index in [9.17, 15) is 9.59 Å². The second-order valence-corrected chi connectivity index (χ2v) is 3.88. The standard InChI is InChI=1S/C9H5N3O2S/c13-8-5-1-4-2-15-3-6(4)10-7(5)11-9(14)12-8/h1-3H,(H2,10,11,12,13,14). The molecule has 0 spiro atoms. The molecule has 0 fully saturated rings. The SMILES string of the molecule is O=c1[nH]c(=O)c2cc3cscc3nc2[nH]1. The number of aromatic amines is 2. The van der Waals surface area contributed by atoms with Crippen molar-refractivity contribution in [2.45, 2.75) is 0 Å². The first-order chi connectivity index (χ1) is 7.24. The van der Waals surface area contributed by atoms with Crippen LogP contribution in [0.2, 0.25) is 0 Å². The number of aromatic nitrogens is 3. The molecule has 3 aromatic heterocycles. The van der Waals surface area contributed by atoms with Crippen molar-refractivity contribution in [3.63, 3.8) is 0 Å². The first-order valence-electron chi connectivity index (χ1n) is 4.23. The number of H-pyrrole nitrogens is 2. The maximum Gasteiger partial charge on any atom is 0.327 e. The Morgan fingerprint density at radius 1 is 1.20 bits per heavy atom. The van der Waals surface area contributed by atoms with Gasteiger partial charge in [-0.05, 0) is 6.07 Å². The summed E-state index contributed by atoms with van der Waals surface area (Å²) in [6.07, 6.45) is 0. The van der Waals surface area contributed by atoms with Gasteiger partial charge >= 0.3 is 5.69 Å². The lowest BCUT2D eigenvalue weighted by Gasteiger charge is -1.95. The zero-order chi connectivity index (χ0) is 10.4. The highest BCUT2D eigenvalue weighted by Gasteiger charge is 2.04. The van der Waals surface area contributed by atoms with Gasteiger partial charge in [0.05, 0.1) is 10.9 Å². The Labute approximate surface area is 86.4 Å². The van der Waals surface area contributed by atoms with Gasteiger partial charge in [-0.3, -0.25) is 14.8 Å². The van der Waals surface area contributed by atoms with Crippen LogP contribution in [-0.2, 0) is 0 Å². The fourth-order valence-electron chi connectivity index (χ4n) is 1.48. The number of hydrogen-bond acceptors (Lipinski definition) is 4. The van der Waals surface area contributed by atoms with Crippen molar-refractivity contribution < 1.29 is 0 Å². The summed E-state index contributed by atoms with van der Waals surface area (Å²) in [5, 5.41) is 5.09. The molecule has 0 amide bonds. The molecule has 3 heterocycles. The van der Waals surface area contributed by atoms with Crippen molar-refractivity contribution in [1.29, 1.82) is 0 Å². The molecule has 0 radical (unpaired) electrons. The molecule has 0 bridgehead atoms. The molecule has 0 atom stereocenters. The van der Waals surface area contributed by atoms with Crippen molar-refractivity contribution in [2.75, 3.05) is 0 Å². The van der Waals surface area contributed by atoms with Crippen LogP contribution in [0.4, 0.5) is 0 Å². The Morgan fingerprint density at radius 3 is 2.93 bits per heavy atom. The number of pyridine rings is 1. The minimum atomic E-state index is -0.533. The molecule has 6 heteroatoms. The summed E-state index contributed by atoms with van der Waals surface area (Å²) in [4.78, 5) is 31.3. The third kappa shape index (κ3) is 1.18. The van der Waals surface area contributed by atoms with Gasteiger partial charge in [-0.1, -0.05) is 0 Å². The maximum absolute atomic E-state index is 11.5. The van der Waals surface area contributed by atoms with Crippen molar-refractivity contribution in [3.05, 3.63) is 37.7 Å². The van der Waals surface area contributed by atoms with E-state index in [4.69, 9.17) is 0 Å². The van der Waals surface area contributed by atoms with Gasteiger partial charge in [-0.2, -0.15) is 0 Å². The Hall–Kier alpha value is -1.95. The monoisotopic (exact) mass is 219 g/mol. The smallest absolute Gasteiger partial charge is 0.291 e. The van der Waals surface area contributed by atoms with Crippen LogP contribution >= 0.6 is 11.3 Å². The number of fused-ring (bicyclic) bond motifs is 2. The number of nitrogens with zero attached hydrogens (tertiary/aromatic N) is 1. The third-order valence-electron chi connectivity index (χ3n) is 2.16. The molecule has 2 N–H and O–H groups in total. The van der Waals surface area contributed by atoms with E-state index in [1.807, 2.05) is 10.8 Å². The number of thiophene rings is 1. The second-order valence-electron chi connectivity index (χ2n) is 3.14. The summed E-state index contributed by atoms with van der Waals surface area (Å²) in [5.74, 6) is 0. The van der Waals surface area contributed by atoms with Crippen molar-refractivity contribution in [3.8, 4) is 0 Å². The lowest BCUT2D eigenvalue weighted by atomic mass is 10.2. The van der Waals surface area contributed by atoms with Gasteiger partial charge in [0.2, 0.25) is 0 Å². The van der Waals surface area contributed by atoms with Crippen LogP contribution in [0.25, 0.3) is 21.9 Å². The van der Waals surface area contributed by atoms with Gasteiger partial charge in [0, 0.05) is 16.1 Å². The average molecular weight is 219 g/mol. The predicted octanol–water partition coefficient (Wildman–Crippen LogP) is 0.826. The van der Waals surface area contributed by atoms with Gasteiger partial charge < -0.3 is 0 Å². The van der Waals surface area contributed by atoms with Gasteiger partial charge in [0.1, 0.15) is 5.65 Å². The van der Waals surface area contributed by atoms with E-state index in [0.717, 1.165) is 10.9 Å². The summed E-state index contributed by atoms with van der Waals surface area (Å²) >= 11 is 1.51. The summed E-state index contributed by atoms with van der Waals surface area (Å²) in [7, 11) is 0. The van der Waals surface area contributed by atoms with E-state index in [-0.39, 0.29) is 0 Å². The fourth-order valence-corrected chi connectivity index (χ4v) is 2.20. The van der Waals surface area contributed by atoms with Crippen molar-refractivity contribution >= 4 is 33.3 Å². The van der Waals surface area contributed by atoms with Gasteiger partial charge in [-0.25, -0.2) is 9.78 Å². The van der Waals surface area contributed by atoms with Crippen molar-refractivity contribution in [1.82, 2.24) is 15.0 Å². The van der Waals surface area contributed by atoms with Crippen LogP contribution in [0.5, 0.6) is 0 Å². The van der Waals surface area contributed by atoms with Crippen LogP contribution < -0.4 is 11.2 Å². The lowest BCUT2D eigenvalue weighted by Crippen LogP contribution is -2.22. The molecule has 0 aliphatic carbocycles.